The topological polar surface area (TPSA) is 67.1 Å². The molecule has 0 amide bonds. The fraction of sp³-hybridized carbons (Fsp3) is 0.308. The zero-order chi connectivity index (χ0) is 14.2. The SMILES string of the molecule is ClC1CNNC1c1nn2c(Cc3ccccc3)nnc2s1. The molecule has 4 rings (SSSR count). The number of rotatable bonds is 3. The second-order valence-electron chi connectivity index (χ2n) is 4.93. The van der Waals surface area contributed by atoms with Gasteiger partial charge in [0.2, 0.25) is 4.96 Å². The number of nitrogens with zero attached hydrogens (tertiary/aromatic N) is 4. The van der Waals surface area contributed by atoms with Crippen LogP contribution >= 0.6 is 22.9 Å². The molecule has 0 radical (unpaired) electrons. The lowest BCUT2D eigenvalue weighted by atomic mass is 10.1. The highest BCUT2D eigenvalue weighted by Crippen LogP contribution is 2.27. The van der Waals surface area contributed by atoms with Gasteiger partial charge in [0.05, 0.1) is 11.4 Å². The van der Waals surface area contributed by atoms with E-state index in [9.17, 15) is 0 Å². The number of aromatic nitrogens is 4. The fourth-order valence-corrected chi connectivity index (χ4v) is 3.69. The van der Waals surface area contributed by atoms with Crippen molar-refractivity contribution < 1.29 is 0 Å². The van der Waals surface area contributed by atoms with Crippen LogP contribution in [0, 0.1) is 0 Å². The van der Waals surface area contributed by atoms with Crippen LogP contribution in [0.4, 0.5) is 0 Å². The van der Waals surface area contributed by atoms with Crippen molar-refractivity contribution in [2.24, 2.45) is 0 Å². The van der Waals surface area contributed by atoms with Gasteiger partial charge in [0, 0.05) is 13.0 Å². The Bertz CT molecular complexity index is 754. The molecule has 2 atom stereocenters. The Kier molecular flexibility index (Phi) is 3.34. The molecule has 0 aliphatic carbocycles. The van der Waals surface area contributed by atoms with E-state index in [1.54, 1.807) is 0 Å². The van der Waals surface area contributed by atoms with E-state index in [-0.39, 0.29) is 11.4 Å². The van der Waals surface area contributed by atoms with E-state index in [0.29, 0.717) is 6.42 Å². The van der Waals surface area contributed by atoms with Gasteiger partial charge in [-0.1, -0.05) is 41.7 Å². The zero-order valence-corrected chi connectivity index (χ0v) is 12.6. The lowest BCUT2D eigenvalue weighted by molar-refractivity contribution is 0.572. The smallest absolute Gasteiger partial charge is 0.234 e. The van der Waals surface area contributed by atoms with Crippen molar-refractivity contribution in [2.75, 3.05) is 6.54 Å². The van der Waals surface area contributed by atoms with Crippen LogP contribution in [0.25, 0.3) is 4.96 Å². The molecular formula is C13H13ClN6S. The van der Waals surface area contributed by atoms with Gasteiger partial charge < -0.3 is 0 Å². The van der Waals surface area contributed by atoms with Crippen LogP contribution in [0.2, 0.25) is 0 Å². The summed E-state index contributed by atoms with van der Waals surface area (Å²) in [5, 5.41) is 14.0. The van der Waals surface area contributed by atoms with Gasteiger partial charge in [-0.15, -0.1) is 21.8 Å². The Morgan fingerprint density at radius 1 is 1.29 bits per heavy atom. The molecule has 3 heterocycles. The number of hydrazine groups is 1. The Hall–Kier alpha value is -1.54. The zero-order valence-electron chi connectivity index (χ0n) is 11.0. The minimum absolute atomic E-state index is 0.00797. The maximum Gasteiger partial charge on any atom is 0.234 e. The molecule has 1 aliphatic heterocycles. The Labute approximate surface area is 130 Å². The van der Waals surface area contributed by atoms with E-state index < -0.39 is 0 Å². The first-order chi connectivity index (χ1) is 10.3. The molecule has 108 valence electrons. The maximum atomic E-state index is 6.27. The predicted octanol–water partition coefficient (Wildman–Crippen LogP) is 1.53. The number of alkyl halides is 1. The van der Waals surface area contributed by atoms with E-state index in [0.717, 1.165) is 22.3 Å². The summed E-state index contributed by atoms with van der Waals surface area (Å²) in [7, 11) is 0. The third-order valence-electron chi connectivity index (χ3n) is 3.46. The number of halogens is 1. The lowest BCUT2D eigenvalue weighted by Crippen LogP contribution is -2.25. The number of benzene rings is 1. The van der Waals surface area contributed by atoms with Gasteiger partial charge in [0.1, 0.15) is 5.01 Å². The molecule has 3 aromatic rings. The van der Waals surface area contributed by atoms with Crippen molar-refractivity contribution in [1.82, 2.24) is 30.7 Å². The van der Waals surface area contributed by atoms with Crippen molar-refractivity contribution in [3.8, 4) is 0 Å². The number of hydrogen-bond donors (Lipinski definition) is 2. The second kappa shape index (κ2) is 5.34. The van der Waals surface area contributed by atoms with Crippen LogP contribution in [0.5, 0.6) is 0 Å². The first-order valence-corrected chi connectivity index (χ1v) is 7.94. The van der Waals surface area contributed by atoms with Gasteiger partial charge in [-0.3, -0.25) is 5.43 Å². The van der Waals surface area contributed by atoms with Crippen LogP contribution < -0.4 is 10.9 Å². The quantitative estimate of drug-likeness (QED) is 0.716. The summed E-state index contributed by atoms with van der Waals surface area (Å²) in [6.45, 7) is 0.725. The summed E-state index contributed by atoms with van der Waals surface area (Å²) in [5.41, 5.74) is 7.39. The largest absolute Gasteiger partial charge is 0.256 e. The number of nitrogens with one attached hydrogen (secondary N) is 2. The van der Waals surface area contributed by atoms with E-state index in [1.165, 1.54) is 16.9 Å². The van der Waals surface area contributed by atoms with Crippen LogP contribution in [0.15, 0.2) is 30.3 Å². The van der Waals surface area contributed by atoms with E-state index in [2.05, 4.69) is 38.3 Å². The van der Waals surface area contributed by atoms with Gasteiger partial charge in [-0.2, -0.15) is 9.61 Å². The highest BCUT2D eigenvalue weighted by molar-refractivity contribution is 7.16. The van der Waals surface area contributed by atoms with Crippen molar-refractivity contribution in [3.63, 3.8) is 0 Å². The molecular weight excluding hydrogens is 308 g/mol. The monoisotopic (exact) mass is 320 g/mol. The van der Waals surface area contributed by atoms with Crippen molar-refractivity contribution in [3.05, 3.63) is 46.7 Å². The molecule has 0 saturated carbocycles. The van der Waals surface area contributed by atoms with E-state index >= 15 is 0 Å². The number of fused-ring (bicyclic) bond motifs is 1. The Morgan fingerprint density at radius 2 is 2.14 bits per heavy atom. The standard InChI is InChI=1S/C13H13ClN6S/c14-9-7-15-17-11(9)12-19-20-10(16-18-13(20)21-12)6-8-4-2-1-3-5-8/h1-5,9,11,15,17H,6-7H2. The maximum absolute atomic E-state index is 6.27. The molecule has 2 unspecified atom stereocenters. The average molecular weight is 321 g/mol. The van der Waals surface area contributed by atoms with Gasteiger partial charge in [0.25, 0.3) is 0 Å². The molecule has 1 aromatic carbocycles. The summed E-state index contributed by atoms with van der Waals surface area (Å²) < 4.78 is 1.82. The van der Waals surface area contributed by atoms with Crippen LogP contribution in [-0.2, 0) is 6.42 Å². The van der Waals surface area contributed by atoms with Gasteiger partial charge in [0.15, 0.2) is 5.82 Å². The molecule has 0 bridgehead atoms. The molecule has 2 aromatic heterocycles. The van der Waals surface area contributed by atoms with Crippen molar-refractivity contribution >= 4 is 27.9 Å². The summed E-state index contributed by atoms with van der Waals surface area (Å²) >= 11 is 7.79. The molecule has 6 nitrogen and oxygen atoms in total. The molecule has 1 saturated heterocycles. The van der Waals surface area contributed by atoms with Crippen LogP contribution in [-0.4, -0.2) is 31.7 Å². The molecule has 21 heavy (non-hydrogen) atoms. The van der Waals surface area contributed by atoms with Crippen molar-refractivity contribution in [1.29, 1.82) is 0 Å². The molecule has 8 heteroatoms. The number of hydrogen-bond acceptors (Lipinski definition) is 6. The van der Waals surface area contributed by atoms with E-state index in [4.69, 9.17) is 11.6 Å². The third kappa shape index (κ3) is 2.42. The third-order valence-corrected chi connectivity index (χ3v) is 4.85. The van der Waals surface area contributed by atoms with Crippen LogP contribution in [0.3, 0.4) is 0 Å². The first kappa shape index (κ1) is 13.1. The summed E-state index contributed by atoms with van der Waals surface area (Å²) in [4.78, 5) is 0.800. The summed E-state index contributed by atoms with van der Waals surface area (Å²) in [6, 6.07) is 10.2. The van der Waals surface area contributed by atoms with Gasteiger partial charge in [-0.25, -0.2) is 5.43 Å². The van der Waals surface area contributed by atoms with Gasteiger partial charge >= 0.3 is 0 Å². The molecule has 0 spiro atoms. The first-order valence-electron chi connectivity index (χ1n) is 6.68. The summed E-state index contributed by atoms with van der Waals surface area (Å²) in [6.07, 6.45) is 0.714. The Morgan fingerprint density at radius 3 is 2.90 bits per heavy atom. The molecule has 1 aliphatic rings. The normalized spacial score (nSPS) is 22.1. The second-order valence-corrected chi connectivity index (χ2v) is 6.48. The van der Waals surface area contributed by atoms with E-state index in [1.807, 2.05) is 22.7 Å². The summed E-state index contributed by atoms with van der Waals surface area (Å²) in [5.74, 6) is 0.843. The fourth-order valence-electron chi connectivity index (χ4n) is 2.38. The lowest BCUT2D eigenvalue weighted by Gasteiger charge is -2.07. The molecule has 2 N–H and O–H groups in total. The van der Waals surface area contributed by atoms with Gasteiger partial charge in [-0.05, 0) is 5.56 Å². The molecule has 1 fully saturated rings. The highest BCUT2D eigenvalue weighted by Gasteiger charge is 2.30. The minimum atomic E-state index is -0.00797. The minimum Gasteiger partial charge on any atom is -0.256 e. The predicted molar refractivity (Wildman–Crippen MR) is 81.4 cm³/mol. The highest BCUT2D eigenvalue weighted by atomic mass is 35.5. The van der Waals surface area contributed by atoms with Crippen molar-refractivity contribution in [2.45, 2.75) is 17.8 Å². The average Bonchev–Trinajstić information content (AvgIpc) is 3.17. The van der Waals surface area contributed by atoms with Crippen LogP contribution in [0.1, 0.15) is 22.4 Å². The Balaban J connectivity index is 1.66.